The molecule has 2 aromatic carbocycles. The predicted octanol–water partition coefficient (Wildman–Crippen LogP) is 6.33. The number of nitrogens with zero attached hydrogens (tertiary/aromatic N) is 4. The zero-order chi connectivity index (χ0) is 28.8. The molecule has 216 valence electrons. The van der Waals surface area contributed by atoms with Gasteiger partial charge in [-0.15, -0.1) is 0 Å². The summed E-state index contributed by atoms with van der Waals surface area (Å²) in [7, 11) is 2.86. The number of aromatic nitrogens is 4. The average molecular weight is 567 g/mol. The number of aromatic amines is 2. The second-order valence-electron chi connectivity index (χ2n) is 11.4. The Morgan fingerprint density at radius 1 is 0.762 bits per heavy atom. The number of fused-ring (bicyclic) bond motifs is 2. The van der Waals surface area contributed by atoms with Gasteiger partial charge in [0.2, 0.25) is 0 Å². The topological polar surface area (TPSA) is 116 Å². The van der Waals surface area contributed by atoms with Crippen LogP contribution in [0.2, 0.25) is 0 Å². The molecule has 10 nitrogen and oxygen atoms in total. The Labute approximate surface area is 244 Å². The molecule has 2 bridgehead atoms. The van der Waals surface area contributed by atoms with Gasteiger partial charge in [0, 0.05) is 12.6 Å². The van der Waals surface area contributed by atoms with Gasteiger partial charge in [-0.2, -0.15) is 0 Å². The van der Waals surface area contributed by atoms with Crippen molar-refractivity contribution in [2.45, 2.75) is 50.2 Å². The molecular formula is C32H34N6O4. The van der Waals surface area contributed by atoms with Crippen LogP contribution in [-0.2, 0) is 9.47 Å². The lowest BCUT2D eigenvalue weighted by molar-refractivity contribution is 0.0829. The van der Waals surface area contributed by atoms with Gasteiger partial charge < -0.3 is 19.4 Å². The third kappa shape index (κ3) is 4.51. The first kappa shape index (κ1) is 26.3. The summed E-state index contributed by atoms with van der Waals surface area (Å²) < 4.78 is 10.0. The lowest BCUT2D eigenvalue weighted by Gasteiger charge is -2.32. The number of likely N-dealkylation sites (tertiary alicyclic amines) is 2. The minimum absolute atomic E-state index is 0.0568. The van der Waals surface area contributed by atoms with Crippen LogP contribution in [0.4, 0.5) is 9.59 Å². The van der Waals surface area contributed by atoms with Crippen molar-refractivity contribution >= 4 is 12.2 Å². The fourth-order valence-corrected chi connectivity index (χ4v) is 7.07. The quantitative estimate of drug-likeness (QED) is 0.292. The van der Waals surface area contributed by atoms with Crippen LogP contribution in [0.25, 0.3) is 33.6 Å². The van der Waals surface area contributed by atoms with E-state index < -0.39 is 0 Å². The number of carbonyl (C=O) groups excluding carboxylic acids is 2. The number of H-pyrrole nitrogens is 2. The van der Waals surface area contributed by atoms with Crippen molar-refractivity contribution in [3.8, 4) is 33.6 Å². The van der Waals surface area contributed by atoms with Crippen molar-refractivity contribution in [1.29, 1.82) is 0 Å². The SMILES string of the molecule is COC(=O)N1CCC[C@H]1c1ncc(-c2ccc(-c3ccc(-c4cnc([C@H]5[C@H]6CC[C@@H](C6)N5C(=O)OC)[nH]4)cc3)cc2)[nH]1. The molecule has 1 aliphatic carbocycles. The van der Waals surface area contributed by atoms with E-state index in [1.165, 1.54) is 14.2 Å². The second kappa shape index (κ2) is 10.7. The van der Waals surface area contributed by atoms with E-state index in [9.17, 15) is 9.59 Å². The summed E-state index contributed by atoms with van der Waals surface area (Å²) in [6.07, 6.45) is 8.05. The monoisotopic (exact) mass is 566 g/mol. The van der Waals surface area contributed by atoms with Crippen LogP contribution in [0.5, 0.6) is 0 Å². The molecule has 3 aliphatic rings. The highest BCUT2D eigenvalue weighted by atomic mass is 16.5. The van der Waals surface area contributed by atoms with Crippen LogP contribution in [0.3, 0.4) is 0 Å². The molecule has 0 radical (unpaired) electrons. The lowest BCUT2D eigenvalue weighted by atomic mass is 9.98. The first-order valence-corrected chi connectivity index (χ1v) is 14.6. The number of nitrogens with one attached hydrogen (secondary N) is 2. The van der Waals surface area contributed by atoms with Crippen molar-refractivity contribution in [3.05, 3.63) is 72.6 Å². The number of imidazole rings is 2. The molecule has 1 saturated carbocycles. The number of hydrogen-bond donors (Lipinski definition) is 2. The average Bonchev–Trinajstić information content (AvgIpc) is 3.88. The molecule has 4 heterocycles. The third-order valence-corrected chi connectivity index (χ3v) is 9.14. The van der Waals surface area contributed by atoms with E-state index in [-0.39, 0.29) is 30.3 Å². The largest absolute Gasteiger partial charge is 0.453 e. The predicted molar refractivity (Wildman–Crippen MR) is 156 cm³/mol. The van der Waals surface area contributed by atoms with Crippen LogP contribution in [0, 0.1) is 5.92 Å². The summed E-state index contributed by atoms with van der Waals surface area (Å²) in [5.41, 5.74) is 6.14. The summed E-state index contributed by atoms with van der Waals surface area (Å²) in [5, 5.41) is 0. The van der Waals surface area contributed by atoms with E-state index in [0.717, 1.165) is 77.4 Å². The van der Waals surface area contributed by atoms with Crippen LogP contribution in [-0.4, -0.2) is 68.7 Å². The standard InChI is InChI=1S/C32H34N6O4/c1-41-31(39)37-15-3-4-27(37)29-33-17-25(35-29)21-9-5-19(6-10-21)20-7-11-22(12-8-20)26-18-34-30(36-26)28-23-13-14-24(16-23)38(28)32(40)42-2/h5-12,17-18,23-24,27-28H,3-4,13-16H2,1-2H3,(H,33,35)(H,34,36)/t23-,24-,27-,28+/m0/s1. The maximum atomic E-state index is 12.5. The van der Waals surface area contributed by atoms with Crippen molar-refractivity contribution < 1.29 is 19.1 Å². The van der Waals surface area contributed by atoms with Crippen molar-refractivity contribution in [2.75, 3.05) is 20.8 Å². The molecule has 4 atom stereocenters. The van der Waals surface area contributed by atoms with Crippen LogP contribution in [0.1, 0.15) is 55.8 Å². The maximum Gasteiger partial charge on any atom is 0.410 e. The number of piperidine rings is 1. The summed E-state index contributed by atoms with van der Waals surface area (Å²) in [6.45, 7) is 0.678. The van der Waals surface area contributed by atoms with Crippen LogP contribution >= 0.6 is 0 Å². The Balaban J connectivity index is 1.05. The van der Waals surface area contributed by atoms with Gasteiger partial charge in [-0.1, -0.05) is 48.5 Å². The molecule has 3 fully saturated rings. The summed E-state index contributed by atoms with van der Waals surface area (Å²) >= 11 is 0. The lowest BCUT2D eigenvalue weighted by Crippen LogP contribution is -2.40. The maximum absolute atomic E-state index is 12.5. The van der Waals surface area contributed by atoms with Gasteiger partial charge in [-0.25, -0.2) is 19.6 Å². The molecule has 0 unspecified atom stereocenters. The van der Waals surface area contributed by atoms with Gasteiger partial charge in [0.25, 0.3) is 0 Å². The smallest absolute Gasteiger partial charge is 0.410 e. The van der Waals surface area contributed by atoms with E-state index >= 15 is 0 Å². The van der Waals surface area contributed by atoms with Gasteiger partial charge in [-0.05, 0) is 60.3 Å². The highest BCUT2D eigenvalue weighted by Crippen LogP contribution is 2.50. The molecular weight excluding hydrogens is 532 g/mol. The first-order valence-electron chi connectivity index (χ1n) is 14.6. The first-order chi connectivity index (χ1) is 20.5. The molecule has 2 amide bonds. The van der Waals surface area contributed by atoms with Crippen molar-refractivity contribution in [2.24, 2.45) is 5.92 Å². The third-order valence-electron chi connectivity index (χ3n) is 9.14. The number of carbonyl (C=O) groups is 2. The molecule has 2 saturated heterocycles. The van der Waals surface area contributed by atoms with Gasteiger partial charge in [0.15, 0.2) is 0 Å². The molecule has 7 rings (SSSR count). The second-order valence-corrected chi connectivity index (χ2v) is 11.4. The minimum atomic E-state index is -0.315. The fraction of sp³-hybridized carbons (Fsp3) is 0.375. The Kier molecular flexibility index (Phi) is 6.68. The van der Waals surface area contributed by atoms with Crippen molar-refractivity contribution in [1.82, 2.24) is 29.7 Å². The normalized spacial score (nSPS) is 23.0. The number of rotatable bonds is 5. The van der Waals surface area contributed by atoms with Crippen LogP contribution < -0.4 is 0 Å². The molecule has 4 aromatic rings. The molecule has 2 N–H and O–H groups in total. The number of ether oxygens (including phenoxy) is 2. The Morgan fingerprint density at radius 2 is 1.33 bits per heavy atom. The van der Waals surface area contributed by atoms with Gasteiger partial charge in [-0.3, -0.25) is 9.80 Å². The van der Waals surface area contributed by atoms with Gasteiger partial charge >= 0.3 is 12.2 Å². The molecule has 2 aliphatic heterocycles. The zero-order valence-corrected chi connectivity index (χ0v) is 23.7. The fourth-order valence-electron chi connectivity index (χ4n) is 7.07. The zero-order valence-electron chi connectivity index (χ0n) is 23.7. The van der Waals surface area contributed by atoms with E-state index in [1.54, 1.807) is 4.90 Å². The Hall–Kier alpha value is -4.60. The number of hydrogen-bond acceptors (Lipinski definition) is 6. The molecule has 0 spiro atoms. The highest BCUT2D eigenvalue weighted by Gasteiger charge is 2.50. The Bertz CT molecular complexity index is 1590. The van der Waals surface area contributed by atoms with Crippen LogP contribution in [0.15, 0.2) is 60.9 Å². The molecule has 10 heteroatoms. The van der Waals surface area contributed by atoms with Gasteiger partial charge in [0.1, 0.15) is 11.6 Å². The van der Waals surface area contributed by atoms with E-state index in [1.807, 2.05) is 17.3 Å². The van der Waals surface area contributed by atoms with E-state index in [0.29, 0.717) is 12.5 Å². The Morgan fingerprint density at radius 3 is 1.95 bits per heavy atom. The van der Waals surface area contributed by atoms with Gasteiger partial charge in [0.05, 0.1) is 50.1 Å². The van der Waals surface area contributed by atoms with E-state index in [4.69, 9.17) is 9.47 Å². The number of benzene rings is 2. The molecule has 2 aromatic heterocycles. The summed E-state index contributed by atoms with van der Waals surface area (Å²) in [4.78, 5) is 44.4. The number of amides is 2. The highest BCUT2D eigenvalue weighted by molar-refractivity contribution is 5.72. The minimum Gasteiger partial charge on any atom is -0.453 e. The van der Waals surface area contributed by atoms with E-state index in [2.05, 4.69) is 68.5 Å². The van der Waals surface area contributed by atoms with Crippen molar-refractivity contribution in [3.63, 3.8) is 0 Å². The summed E-state index contributed by atoms with van der Waals surface area (Å²) in [6, 6.07) is 16.9. The summed E-state index contributed by atoms with van der Waals surface area (Å²) in [5.74, 6) is 2.03. The molecule has 42 heavy (non-hydrogen) atoms. The number of methoxy groups -OCH3 is 2.